The number of nitrogens with zero attached hydrogens (tertiary/aromatic N) is 1. The van der Waals surface area contributed by atoms with Crippen molar-refractivity contribution in [1.29, 1.82) is 0 Å². The van der Waals surface area contributed by atoms with Gasteiger partial charge in [0.15, 0.2) is 6.61 Å². The van der Waals surface area contributed by atoms with Crippen LogP contribution in [-0.4, -0.2) is 35.9 Å². The van der Waals surface area contributed by atoms with Crippen LogP contribution in [0.2, 0.25) is 10.0 Å². The molecule has 0 unspecified atom stereocenters. The minimum atomic E-state index is -0.592. The topological polar surface area (TPSA) is 58.6 Å². The van der Waals surface area contributed by atoms with Gasteiger partial charge in [-0.1, -0.05) is 42.3 Å². The molecule has 0 heterocycles. The summed E-state index contributed by atoms with van der Waals surface area (Å²) in [5.74, 6) is 0.119. The molecule has 0 aliphatic heterocycles. The molecular formula is C23H28Cl2N2O3. The highest BCUT2D eigenvalue weighted by atomic mass is 35.5. The van der Waals surface area contributed by atoms with Crippen LogP contribution in [-0.2, 0) is 16.1 Å². The third kappa shape index (κ3) is 6.38. The van der Waals surface area contributed by atoms with Crippen molar-refractivity contribution in [3.05, 3.63) is 63.1 Å². The van der Waals surface area contributed by atoms with Gasteiger partial charge in [-0.15, -0.1) is 0 Å². The number of nitrogens with one attached hydrogen (secondary N) is 1. The van der Waals surface area contributed by atoms with Gasteiger partial charge in [-0.05, 0) is 68.1 Å². The molecule has 5 nitrogen and oxygen atoms in total. The van der Waals surface area contributed by atoms with Crippen LogP contribution < -0.4 is 10.1 Å². The molecule has 7 heteroatoms. The molecule has 1 N–H and O–H groups in total. The number of carbonyl (C=O) groups excluding carboxylic acids is 2. The second-order valence-electron chi connectivity index (χ2n) is 7.13. The molecule has 0 saturated carbocycles. The lowest BCUT2D eigenvalue weighted by Gasteiger charge is -2.30. The number of amides is 2. The number of ether oxygens (including phenoxy) is 1. The molecule has 0 aliphatic rings. The number of hydrogen-bond acceptors (Lipinski definition) is 3. The molecule has 0 aliphatic carbocycles. The van der Waals surface area contributed by atoms with E-state index in [-0.39, 0.29) is 25.0 Å². The van der Waals surface area contributed by atoms with Crippen LogP contribution in [0, 0.1) is 13.8 Å². The van der Waals surface area contributed by atoms with Gasteiger partial charge in [-0.25, -0.2) is 0 Å². The predicted molar refractivity (Wildman–Crippen MR) is 121 cm³/mol. The monoisotopic (exact) mass is 450 g/mol. The van der Waals surface area contributed by atoms with Gasteiger partial charge in [0.2, 0.25) is 5.91 Å². The summed E-state index contributed by atoms with van der Waals surface area (Å²) in [6.07, 6.45) is 0.490. The zero-order valence-corrected chi connectivity index (χ0v) is 19.3. The van der Waals surface area contributed by atoms with Crippen LogP contribution in [0.15, 0.2) is 36.4 Å². The molecule has 0 spiro atoms. The number of aryl methyl sites for hydroxylation is 2. The standard InChI is InChI=1S/C23H28Cl2N2O3/c1-5-20(23(29)26-6-2)27(13-17-7-9-18(24)10-8-17)21(28)14-30-19-11-15(3)22(25)16(4)12-19/h7-12,20H,5-6,13-14H2,1-4H3,(H,26,29)/t20-/m1/s1. The van der Waals surface area contributed by atoms with Gasteiger partial charge in [0.05, 0.1) is 0 Å². The van der Waals surface area contributed by atoms with Crippen molar-refractivity contribution in [1.82, 2.24) is 10.2 Å². The first kappa shape index (κ1) is 24.0. The quantitative estimate of drug-likeness (QED) is 0.588. The largest absolute Gasteiger partial charge is 0.484 e. The molecule has 0 fully saturated rings. The Kier molecular flexibility index (Phi) is 9.00. The van der Waals surface area contributed by atoms with E-state index in [9.17, 15) is 9.59 Å². The van der Waals surface area contributed by atoms with E-state index in [1.807, 2.05) is 39.8 Å². The summed E-state index contributed by atoms with van der Waals surface area (Å²) in [5.41, 5.74) is 2.64. The van der Waals surface area contributed by atoms with E-state index in [2.05, 4.69) is 5.32 Å². The molecule has 2 aromatic carbocycles. The fraction of sp³-hybridized carbons (Fsp3) is 0.391. The number of hydrogen-bond donors (Lipinski definition) is 1. The second kappa shape index (κ2) is 11.2. The average molecular weight is 451 g/mol. The van der Waals surface area contributed by atoms with Gasteiger partial charge in [-0.2, -0.15) is 0 Å². The highest BCUT2D eigenvalue weighted by Gasteiger charge is 2.28. The van der Waals surface area contributed by atoms with E-state index < -0.39 is 6.04 Å². The van der Waals surface area contributed by atoms with Crippen LogP contribution in [0.1, 0.15) is 37.0 Å². The smallest absolute Gasteiger partial charge is 0.261 e. The molecule has 0 aromatic heterocycles. The van der Waals surface area contributed by atoms with Crippen molar-refractivity contribution in [2.75, 3.05) is 13.2 Å². The minimum Gasteiger partial charge on any atom is -0.484 e. The second-order valence-corrected chi connectivity index (χ2v) is 7.94. The molecule has 2 amide bonds. The third-order valence-corrected chi connectivity index (χ3v) is 5.62. The van der Waals surface area contributed by atoms with Gasteiger partial charge in [0, 0.05) is 23.1 Å². The zero-order valence-electron chi connectivity index (χ0n) is 17.8. The summed E-state index contributed by atoms with van der Waals surface area (Å²) in [6, 6.07) is 10.2. The number of carbonyl (C=O) groups is 2. The summed E-state index contributed by atoms with van der Waals surface area (Å²) < 4.78 is 5.75. The van der Waals surface area contributed by atoms with Crippen LogP contribution >= 0.6 is 23.2 Å². The van der Waals surface area contributed by atoms with E-state index in [1.54, 1.807) is 29.2 Å². The Morgan fingerprint density at radius 2 is 1.67 bits per heavy atom. The van der Waals surface area contributed by atoms with E-state index in [1.165, 1.54) is 0 Å². The normalized spacial score (nSPS) is 11.7. The lowest BCUT2D eigenvalue weighted by atomic mass is 10.1. The van der Waals surface area contributed by atoms with Crippen molar-refractivity contribution in [2.45, 2.75) is 46.7 Å². The maximum absolute atomic E-state index is 13.1. The maximum atomic E-state index is 13.1. The molecule has 1 atom stereocenters. The predicted octanol–water partition coefficient (Wildman–Crippen LogP) is 4.93. The molecule has 0 saturated heterocycles. The molecular weight excluding hydrogens is 423 g/mol. The van der Waals surface area contributed by atoms with E-state index in [4.69, 9.17) is 27.9 Å². The van der Waals surface area contributed by atoms with E-state index >= 15 is 0 Å². The molecule has 0 radical (unpaired) electrons. The molecule has 162 valence electrons. The summed E-state index contributed by atoms with van der Waals surface area (Å²) >= 11 is 12.2. The van der Waals surface area contributed by atoms with Gasteiger partial charge < -0.3 is 15.0 Å². The van der Waals surface area contributed by atoms with Crippen LogP contribution in [0.3, 0.4) is 0 Å². The SMILES string of the molecule is CCNC(=O)[C@@H](CC)N(Cc1ccc(Cl)cc1)C(=O)COc1cc(C)c(Cl)c(C)c1. The minimum absolute atomic E-state index is 0.177. The van der Waals surface area contributed by atoms with E-state index in [0.717, 1.165) is 16.7 Å². The third-order valence-electron chi connectivity index (χ3n) is 4.78. The zero-order chi connectivity index (χ0) is 22.3. The summed E-state index contributed by atoms with van der Waals surface area (Å²) in [7, 11) is 0. The molecule has 2 rings (SSSR count). The Morgan fingerprint density at radius 3 is 2.20 bits per heavy atom. The summed E-state index contributed by atoms with van der Waals surface area (Å²) in [6.45, 7) is 8.12. The number of rotatable bonds is 9. The first-order valence-corrected chi connectivity index (χ1v) is 10.7. The summed E-state index contributed by atoms with van der Waals surface area (Å²) in [5, 5.41) is 4.11. The van der Waals surface area contributed by atoms with Crippen LogP contribution in [0.25, 0.3) is 0 Å². The van der Waals surface area contributed by atoms with Gasteiger partial charge in [0.1, 0.15) is 11.8 Å². The van der Waals surface area contributed by atoms with Gasteiger partial charge in [-0.3, -0.25) is 9.59 Å². The van der Waals surface area contributed by atoms with Crippen molar-refractivity contribution in [3.8, 4) is 5.75 Å². The first-order chi connectivity index (χ1) is 14.3. The molecule has 30 heavy (non-hydrogen) atoms. The van der Waals surface area contributed by atoms with Crippen molar-refractivity contribution in [2.24, 2.45) is 0 Å². The lowest BCUT2D eigenvalue weighted by Crippen LogP contribution is -2.50. The number of benzene rings is 2. The van der Waals surface area contributed by atoms with E-state index in [0.29, 0.717) is 28.8 Å². The Morgan fingerprint density at radius 1 is 1.07 bits per heavy atom. The van der Waals surface area contributed by atoms with Crippen LogP contribution in [0.5, 0.6) is 5.75 Å². The molecule has 0 bridgehead atoms. The Labute approximate surface area is 188 Å². The Hall–Kier alpha value is -2.24. The van der Waals surface area contributed by atoms with Gasteiger partial charge in [0.25, 0.3) is 5.91 Å². The fourth-order valence-corrected chi connectivity index (χ4v) is 3.45. The molecule has 2 aromatic rings. The van der Waals surface area contributed by atoms with Crippen molar-refractivity contribution >= 4 is 35.0 Å². The highest BCUT2D eigenvalue weighted by molar-refractivity contribution is 6.32. The number of likely N-dealkylation sites (N-methyl/N-ethyl adjacent to an activating group) is 1. The Bertz CT molecular complexity index is 862. The van der Waals surface area contributed by atoms with Crippen molar-refractivity contribution in [3.63, 3.8) is 0 Å². The summed E-state index contributed by atoms with van der Waals surface area (Å²) in [4.78, 5) is 27.2. The Balaban J connectivity index is 2.22. The number of halogens is 2. The van der Waals surface area contributed by atoms with Gasteiger partial charge >= 0.3 is 0 Å². The van der Waals surface area contributed by atoms with Crippen molar-refractivity contribution < 1.29 is 14.3 Å². The highest BCUT2D eigenvalue weighted by Crippen LogP contribution is 2.26. The first-order valence-electron chi connectivity index (χ1n) is 9.97. The average Bonchev–Trinajstić information content (AvgIpc) is 2.71. The fourth-order valence-electron chi connectivity index (χ4n) is 3.22. The van der Waals surface area contributed by atoms with Crippen LogP contribution in [0.4, 0.5) is 0 Å². The maximum Gasteiger partial charge on any atom is 0.261 e. The lowest BCUT2D eigenvalue weighted by molar-refractivity contribution is -0.142.